The first-order chi connectivity index (χ1) is 19.5. The molecule has 6 rings (SSSR count). The number of morpholine rings is 1. The zero-order chi connectivity index (χ0) is 27.6. The fourth-order valence-electron chi connectivity index (χ4n) is 4.67. The molecule has 1 N–H and O–H groups in total. The molecule has 3 heterocycles. The number of anilines is 2. The monoisotopic (exact) mass is 539 g/mol. The molecule has 1 aliphatic heterocycles. The quantitative estimate of drug-likeness (QED) is 0.216. The number of fused-ring (bicyclic) bond motifs is 1. The summed E-state index contributed by atoms with van der Waals surface area (Å²) < 4.78 is 25.6. The molecule has 1 saturated heterocycles. The summed E-state index contributed by atoms with van der Waals surface area (Å²) in [5.74, 6) is 0.499. The van der Waals surface area contributed by atoms with Crippen molar-refractivity contribution in [1.29, 1.82) is 0 Å². The highest BCUT2D eigenvalue weighted by atomic mass is 19.1. The molecule has 2 aromatic heterocycles. The molecule has 11 heteroatoms. The number of nitro benzene ring substituents is 1. The largest absolute Gasteiger partial charge is 0.437 e. The number of benzene rings is 3. The van der Waals surface area contributed by atoms with E-state index in [9.17, 15) is 19.3 Å². The summed E-state index contributed by atoms with van der Waals surface area (Å²) in [4.78, 5) is 34.1. The Morgan fingerprint density at radius 2 is 1.60 bits per heavy atom. The van der Waals surface area contributed by atoms with Crippen LogP contribution in [0.5, 0.6) is 0 Å². The fourth-order valence-corrected chi connectivity index (χ4v) is 4.67. The average Bonchev–Trinajstić information content (AvgIpc) is 3.38. The molecule has 10 nitrogen and oxygen atoms in total. The number of ether oxygens (including phenoxy) is 1. The maximum Gasteiger partial charge on any atom is 0.269 e. The van der Waals surface area contributed by atoms with Crippen molar-refractivity contribution >= 4 is 34.2 Å². The molecule has 0 aliphatic carbocycles. The summed E-state index contributed by atoms with van der Waals surface area (Å²) in [6.45, 7) is 2.49. The lowest BCUT2D eigenvalue weighted by atomic mass is 9.99. The molecule has 3 aromatic carbocycles. The Balaban J connectivity index is 1.37. The molecule has 200 valence electrons. The second kappa shape index (κ2) is 10.5. The minimum Gasteiger partial charge on any atom is -0.437 e. The van der Waals surface area contributed by atoms with Crippen molar-refractivity contribution in [2.75, 3.05) is 36.5 Å². The summed E-state index contributed by atoms with van der Waals surface area (Å²) in [5, 5.41) is 14.4. The number of non-ortho nitro benzene ring substituents is 1. The van der Waals surface area contributed by atoms with Crippen LogP contribution < -0.4 is 10.2 Å². The summed E-state index contributed by atoms with van der Waals surface area (Å²) in [7, 11) is 0. The average molecular weight is 540 g/mol. The van der Waals surface area contributed by atoms with Crippen LogP contribution in [-0.2, 0) is 4.74 Å². The van der Waals surface area contributed by atoms with E-state index in [-0.39, 0.29) is 11.5 Å². The van der Waals surface area contributed by atoms with Crippen LogP contribution in [0.25, 0.3) is 33.6 Å². The number of rotatable bonds is 6. The van der Waals surface area contributed by atoms with E-state index in [1.54, 1.807) is 36.4 Å². The maximum absolute atomic E-state index is 13.8. The summed E-state index contributed by atoms with van der Waals surface area (Å²) in [5.41, 5.74) is 3.33. The van der Waals surface area contributed by atoms with Crippen molar-refractivity contribution in [2.45, 2.75) is 0 Å². The number of hydrogen-bond acceptors (Lipinski definition) is 8. The van der Waals surface area contributed by atoms with Crippen LogP contribution in [0.2, 0.25) is 0 Å². The van der Waals surface area contributed by atoms with Crippen LogP contribution in [0.3, 0.4) is 0 Å². The number of hydrogen-bond donors (Lipinski definition) is 1. The van der Waals surface area contributed by atoms with E-state index in [0.717, 1.165) is 27.9 Å². The lowest BCUT2D eigenvalue weighted by Gasteiger charge is -2.28. The molecule has 1 amide bonds. The van der Waals surface area contributed by atoms with Gasteiger partial charge >= 0.3 is 0 Å². The SMILES string of the molecule is O=C(Nc1ccc(-c2oc3ncnc(N4CCOCC4)c3c2-c2ccc(F)cc2)cc1)c1ccc([N+](=O)[O-])cc1. The smallest absolute Gasteiger partial charge is 0.269 e. The van der Waals surface area contributed by atoms with Crippen molar-refractivity contribution in [2.24, 2.45) is 0 Å². The van der Waals surface area contributed by atoms with Gasteiger partial charge in [0.2, 0.25) is 5.71 Å². The maximum atomic E-state index is 13.8. The molecule has 0 unspecified atom stereocenters. The van der Waals surface area contributed by atoms with E-state index >= 15 is 0 Å². The summed E-state index contributed by atoms with van der Waals surface area (Å²) in [6, 6.07) is 18.6. The predicted molar refractivity (Wildman–Crippen MR) is 147 cm³/mol. The Hall–Kier alpha value is -5.16. The summed E-state index contributed by atoms with van der Waals surface area (Å²) in [6.07, 6.45) is 1.46. The number of halogens is 1. The highest BCUT2D eigenvalue weighted by Gasteiger charge is 2.25. The minimum absolute atomic E-state index is 0.0924. The number of nitrogens with one attached hydrogen (secondary N) is 1. The van der Waals surface area contributed by atoms with Gasteiger partial charge in [-0.1, -0.05) is 12.1 Å². The second-order valence-corrected chi connectivity index (χ2v) is 9.13. The van der Waals surface area contributed by atoms with E-state index in [2.05, 4.69) is 20.2 Å². The van der Waals surface area contributed by atoms with Crippen LogP contribution in [0.15, 0.2) is 83.5 Å². The van der Waals surface area contributed by atoms with Crippen LogP contribution in [-0.4, -0.2) is 47.1 Å². The standard InChI is InChI=1S/C29H22FN5O5/c30-21-7-1-18(2-8-21)24-25-27(34-13-15-39-16-14-34)31-17-32-29(25)40-26(24)19-3-9-22(10-4-19)33-28(36)20-5-11-23(12-6-20)35(37)38/h1-12,17H,13-16H2,(H,33,36). The first-order valence-corrected chi connectivity index (χ1v) is 12.5. The minimum atomic E-state index is -0.520. The van der Waals surface area contributed by atoms with Gasteiger partial charge in [-0.2, -0.15) is 0 Å². The van der Waals surface area contributed by atoms with Crippen LogP contribution in [0.4, 0.5) is 21.6 Å². The normalized spacial score (nSPS) is 13.4. The van der Waals surface area contributed by atoms with E-state index in [1.807, 2.05) is 0 Å². The lowest BCUT2D eigenvalue weighted by Crippen LogP contribution is -2.36. The number of carbonyl (C=O) groups is 1. The van der Waals surface area contributed by atoms with E-state index < -0.39 is 10.8 Å². The van der Waals surface area contributed by atoms with E-state index in [1.165, 1.54) is 42.7 Å². The van der Waals surface area contributed by atoms with Gasteiger partial charge < -0.3 is 19.4 Å². The number of furan rings is 1. The molecule has 1 fully saturated rings. The second-order valence-electron chi connectivity index (χ2n) is 9.13. The van der Waals surface area contributed by atoms with Gasteiger partial charge in [0.1, 0.15) is 23.7 Å². The first kappa shape index (κ1) is 25.1. The highest BCUT2D eigenvalue weighted by Crippen LogP contribution is 2.43. The number of carbonyl (C=O) groups excluding carboxylic acids is 1. The van der Waals surface area contributed by atoms with Gasteiger partial charge in [-0.15, -0.1) is 0 Å². The van der Waals surface area contributed by atoms with Gasteiger partial charge in [-0.05, 0) is 54.1 Å². The van der Waals surface area contributed by atoms with Gasteiger partial charge in [0.05, 0.1) is 23.5 Å². The third-order valence-corrected chi connectivity index (χ3v) is 6.66. The molecule has 40 heavy (non-hydrogen) atoms. The Labute approximate surface area is 227 Å². The van der Waals surface area contributed by atoms with Gasteiger partial charge in [0, 0.05) is 47.6 Å². The van der Waals surface area contributed by atoms with Gasteiger partial charge in [0.15, 0.2) is 0 Å². The molecule has 0 saturated carbocycles. The van der Waals surface area contributed by atoms with Crippen LogP contribution >= 0.6 is 0 Å². The Kier molecular flexibility index (Phi) is 6.62. The summed E-state index contributed by atoms with van der Waals surface area (Å²) >= 11 is 0. The van der Waals surface area contributed by atoms with Crippen molar-refractivity contribution in [1.82, 2.24) is 9.97 Å². The van der Waals surface area contributed by atoms with Gasteiger partial charge in [-0.3, -0.25) is 14.9 Å². The molecule has 0 radical (unpaired) electrons. The zero-order valence-electron chi connectivity index (χ0n) is 21.0. The molecule has 0 atom stereocenters. The Morgan fingerprint density at radius 1 is 0.925 bits per heavy atom. The van der Waals surface area contributed by atoms with Crippen molar-refractivity contribution in [3.63, 3.8) is 0 Å². The first-order valence-electron chi connectivity index (χ1n) is 12.5. The van der Waals surface area contributed by atoms with Crippen molar-refractivity contribution < 1.29 is 23.3 Å². The van der Waals surface area contributed by atoms with Gasteiger partial charge in [0.25, 0.3) is 11.6 Å². The molecule has 0 bridgehead atoms. The molecule has 0 spiro atoms. The topological polar surface area (TPSA) is 124 Å². The highest BCUT2D eigenvalue weighted by molar-refractivity contribution is 6.07. The number of nitro groups is 1. The van der Waals surface area contributed by atoms with Crippen molar-refractivity contribution in [3.05, 3.63) is 101 Å². The fraction of sp³-hybridized carbons (Fsp3) is 0.138. The predicted octanol–water partition coefficient (Wildman–Crippen LogP) is 5.69. The number of amides is 1. The number of aromatic nitrogens is 2. The molecular weight excluding hydrogens is 517 g/mol. The Bertz CT molecular complexity index is 1700. The van der Waals surface area contributed by atoms with Gasteiger partial charge in [-0.25, -0.2) is 14.4 Å². The van der Waals surface area contributed by atoms with Crippen molar-refractivity contribution in [3.8, 4) is 22.5 Å². The third kappa shape index (κ3) is 4.85. The Morgan fingerprint density at radius 3 is 2.27 bits per heavy atom. The lowest BCUT2D eigenvalue weighted by molar-refractivity contribution is -0.384. The molecule has 5 aromatic rings. The zero-order valence-corrected chi connectivity index (χ0v) is 21.0. The number of nitrogens with zero attached hydrogens (tertiary/aromatic N) is 4. The molecular formula is C29H22FN5O5. The van der Waals surface area contributed by atoms with Crippen LogP contribution in [0.1, 0.15) is 10.4 Å². The molecule has 1 aliphatic rings. The van der Waals surface area contributed by atoms with E-state index in [0.29, 0.717) is 49.0 Å². The van der Waals surface area contributed by atoms with E-state index in [4.69, 9.17) is 9.15 Å². The van der Waals surface area contributed by atoms with Crippen LogP contribution in [0, 0.1) is 15.9 Å². The third-order valence-electron chi connectivity index (χ3n) is 6.66.